The number of carbonyl (C=O) groups excluding carboxylic acids is 2. The van der Waals surface area contributed by atoms with Gasteiger partial charge in [0.2, 0.25) is 5.91 Å². The summed E-state index contributed by atoms with van der Waals surface area (Å²) >= 11 is 0. The highest BCUT2D eigenvalue weighted by atomic mass is 32.2. The quantitative estimate of drug-likeness (QED) is 0.751. The number of benzene rings is 1. The zero-order valence-corrected chi connectivity index (χ0v) is 13.6. The van der Waals surface area contributed by atoms with Gasteiger partial charge >= 0.3 is 5.97 Å². The number of hydrogen-bond acceptors (Lipinski definition) is 6. The Morgan fingerprint density at radius 3 is 2.45 bits per heavy atom. The largest absolute Gasteiger partial charge is 0.465 e. The van der Waals surface area contributed by atoms with Gasteiger partial charge in [0.05, 0.1) is 17.6 Å². The summed E-state index contributed by atoms with van der Waals surface area (Å²) in [7, 11) is -2.34. The smallest absolute Gasteiger partial charge is 0.337 e. The maximum atomic E-state index is 11.8. The maximum Gasteiger partial charge on any atom is 0.337 e. The summed E-state index contributed by atoms with van der Waals surface area (Å²) < 4.78 is 27.9. The van der Waals surface area contributed by atoms with Crippen LogP contribution < -0.4 is 11.1 Å². The lowest BCUT2D eigenvalue weighted by molar-refractivity contribution is -0.116. The average molecular weight is 328 g/mol. The minimum atomic E-state index is -3.53. The van der Waals surface area contributed by atoms with Gasteiger partial charge in [-0.1, -0.05) is 0 Å². The Morgan fingerprint density at radius 1 is 1.32 bits per heavy atom. The fourth-order valence-electron chi connectivity index (χ4n) is 1.70. The Morgan fingerprint density at radius 2 is 1.95 bits per heavy atom. The van der Waals surface area contributed by atoms with Gasteiger partial charge in [-0.3, -0.25) is 4.79 Å². The summed E-state index contributed by atoms with van der Waals surface area (Å²) in [6.45, 7) is 1.78. The van der Waals surface area contributed by atoms with Crippen LogP contribution in [0.2, 0.25) is 0 Å². The number of esters is 1. The number of hydrogen-bond donors (Lipinski definition) is 2. The molecule has 1 aromatic carbocycles. The molecule has 0 saturated carbocycles. The highest BCUT2D eigenvalue weighted by Crippen LogP contribution is 2.20. The standard InChI is InChI=1S/C14H20N2O5S/c1-9(15)4-5-13(17)16-11-6-10(14(18)21-2)7-12(8-11)22(3,19)20/h6-9H,4-5,15H2,1-3H3,(H,16,17). The lowest BCUT2D eigenvalue weighted by atomic mass is 10.1. The van der Waals surface area contributed by atoms with Crippen molar-refractivity contribution >= 4 is 27.4 Å². The Balaban J connectivity index is 3.08. The van der Waals surface area contributed by atoms with E-state index in [1.807, 2.05) is 0 Å². The van der Waals surface area contributed by atoms with Crippen molar-refractivity contribution in [1.82, 2.24) is 0 Å². The van der Waals surface area contributed by atoms with Gasteiger partial charge in [0.15, 0.2) is 9.84 Å². The molecule has 0 saturated heterocycles. The van der Waals surface area contributed by atoms with E-state index in [4.69, 9.17) is 5.73 Å². The molecule has 0 aliphatic carbocycles. The van der Waals surface area contributed by atoms with Gasteiger partial charge < -0.3 is 15.8 Å². The molecule has 3 N–H and O–H groups in total. The monoisotopic (exact) mass is 328 g/mol. The molecule has 7 nitrogen and oxygen atoms in total. The minimum Gasteiger partial charge on any atom is -0.465 e. The van der Waals surface area contributed by atoms with Crippen LogP contribution in [-0.2, 0) is 19.4 Å². The third-order valence-electron chi connectivity index (χ3n) is 2.87. The van der Waals surface area contributed by atoms with Crippen molar-refractivity contribution < 1.29 is 22.7 Å². The number of carbonyl (C=O) groups is 2. The van der Waals surface area contributed by atoms with E-state index in [-0.39, 0.29) is 34.5 Å². The molecule has 1 amide bonds. The Labute approximate surface area is 129 Å². The molecule has 1 rings (SSSR count). The summed E-state index contributed by atoms with van der Waals surface area (Å²) in [4.78, 5) is 23.3. The van der Waals surface area contributed by atoms with E-state index < -0.39 is 15.8 Å². The van der Waals surface area contributed by atoms with E-state index in [2.05, 4.69) is 10.1 Å². The molecule has 0 aliphatic rings. The minimum absolute atomic E-state index is 0.0490. The van der Waals surface area contributed by atoms with Crippen molar-refractivity contribution in [2.45, 2.75) is 30.7 Å². The van der Waals surface area contributed by atoms with E-state index >= 15 is 0 Å². The number of methoxy groups -OCH3 is 1. The molecular formula is C14H20N2O5S. The molecule has 122 valence electrons. The third-order valence-corrected chi connectivity index (χ3v) is 3.96. The van der Waals surface area contributed by atoms with Crippen LogP contribution >= 0.6 is 0 Å². The normalized spacial score (nSPS) is 12.5. The van der Waals surface area contributed by atoms with Crippen LogP contribution in [0, 0.1) is 0 Å². The Kier molecular flexibility index (Phi) is 6.07. The predicted molar refractivity (Wildman–Crippen MR) is 82.4 cm³/mol. The summed E-state index contributed by atoms with van der Waals surface area (Å²) in [5.74, 6) is -0.990. The van der Waals surface area contributed by atoms with Crippen LogP contribution in [0.5, 0.6) is 0 Å². The fraction of sp³-hybridized carbons (Fsp3) is 0.429. The number of nitrogens with one attached hydrogen (secondary N) is 1. The molecule has 1 atom stereocenters. The molecule has 0 radical (unpaired) electrons. The van der Waals surface area contributed by atoms with Crippen molar-refractivity contribution in [3.8, 4) is 0 Å². The highest BCUT2D eigenvalue weighted by molar-refractivity contribution is 7.90. The van der Waals surface area contributed by atoms with E-state index in [0.717, 1.165) is 6.26 Å². The van der Waals surface area contributed by atoms with Crippen molar-refractivity contribution in [2.24, 2.45) is 5.73 Å². The zero-order chi connectivity index (χ0) is 16.9. The predicted octanol–water partition coefficient (Wildman–Crippen LogP) is 0.943. The number of sulfone groups is 1. The molecule has 22 heavy (non-hydrogen) atoms. The summed E-state index contributed by atoms with van der Waals surface area (Å²) in [5.41, 5.74) is 5.85. The third kappa shape index (κ3) is 5.45. The van der Waals surface area contributed by atoms with E-state index in [0.29, 0.717) is 6.42 Å². The number of rotatable bonds is 6. The molecule has 0 fully saturated rings. The van der Waals surface area contributed by atoms with E-state index in [1.54, 1.807) is 6.92 Å². The van der Waals surface area contributed by atoms with Gasteiger partial charge in [0, 0.05) is 24.4 Å². The second-order valence-corrected chi connectivity index (χ2v) is 7.09. The van der Waals surface area contributed by atoms with Crippen LogP contribution in [0.3, 0.4) is 0 Å². The second kappa shape index (κ2) is 7.37. The molecule has 0 spiro atoms. The number of ether oxygens (including phenoxy) is 1. The first-order valence-electron chi connectivity index (χ1n) is 6.62. The fourth-order valence-corrected chi connectivity index (χ4v) is 2.39. The van der Waals surface area contributed by atoms with Gasteiger partial charge in [-0.15, -0.1) is 0 Å². The number of anilines is 1. The summed E-state index contributed by atoms with van der Waals surface area (Å²) in [5, 5.41) is 2.56. The molecule has 1 unspecified atom stereocenters. The zero-order valence-electron chi connectivity index (χ0n) is 12.8. The van der Waals surface area contributed by atoms with Gasteiger partial charge in [-0.25, -0.2) is 13.2 Å². The van der Waals surface area contributed by atoms with Crippen LogP contribution in [0.4, 0.5) is 5.69 Å². The average Bonchev–Trinajstić information content (AvgIpc) is 2.43. The van der Waals surface area contributed by atoms with E-state index in [9.17, 15) is 18.0 Å². The molecule has 1 aromatic rings. The molecule has 8 heteroatoms. The topological polar surface area (TPSA) is 116 Å². The van der Waals surface area contributed by atoms with Crippen molar-refractivity contribution in [3.63, 3.8) is 0 Å². The van der Waals surface area contributed by atoms with Crippen molar-refractivity contribution in [1.29, 1.82) is 0 Å². The van der Waals surface area contributed by atoms with Crippen LogP contribution in [0.15, 0.2) is 23.1 Å². The summed E-state index contributed by atoms with van der Waals surface area (Å²) in [6.07, 6.45) is 1.72. The molecule has 0 bridgehead atoms. The Hall–Kier alpha value is -1.93. The van der Waals surface area contributed by atoms with Crippen molar-refractivity contribution in [2.75, 3.05) is 18.7 Å². The maximum absolute atomic E-state index is 11.8. The van der Waals surface area contributed by atoms with Crippen LogP contribution in [0.25, 0.3) is 0 Å². The molecular weight excluding hydrogens is 308 g/mol. The summed E-state index contributed by atoms with van der Waals surface area (Å²) in [6, 6.07) is 3.76. The second-order valence-electron chi connectivity index (χ2n) is 5.07. The number of nitrogens with two attached hydrogens (primary N) is 1. The first-order valence-corrected chi connectivity index (χ1v) is 8.51. The van der Waals surface area contributed by atoms with Gasteiger partial charge in [0.25, 0.3) is 0 Å². The van der Waals surface area contributed by atoms with Crippen LogP contribution in [0.1, 0.15) is 30.1 Å². The first-order chi connectivity index (χ1) is 10.1. The molecule has 0 heterocycles. The Bertz CT molecular complexity index is 668. The van der Waals surface area contributed by atoms with Crippen LogP contribution in [-0.4, -0.2) is 39.7 Å². The molecule has 0 aliphatic heterocycles. The van der Waals surface area contributed by atoms with E-state index in [1.165, 1.54) is 25.3 Å². The first kappa shape index (κ1) is 18.1. The SMILES string of the molecule is COC(=O)c1cc(NC(=O)CCC(C)N)cc(S(C)(=O)=O)c1. The van der Waals surface area contributed by atoms with Crippen molar-refractivity contribution in [3.05, 3.63) is 23.8 Å². The van der Waals surface area contributed by atoms with Gasteiger partial charge in [-0.05, 0) is 31.5 Å². The highest BCUT2D eigenvalue weighted by Gasteiger charge is 2.15. The lowest BCUT2D eigenvalue weighted by Gasteiger charge is -2.10. The van der Waals surface area contributed by atoms with Gasteiger partial charge in [-0.2, -0.15) is 0 Å². The molecule has 0 aromatic heterocycles. The number of amides is 1. The van der Waals surface area contributed by atoms with Gasteiger partial charge in [0.1, 0.15) is 0 Å². The lowest BCUT2D eigenvalue weighted by Crippen LogP contribution is -2.19.